The van der Waals surface area contributed by atoms with Crippen LogP contribution in [0.25, 0.3) is 0 Å². The van der Waals surface area contributed by atoms with Crippen LogP contribution >= 0.6 is 0 Å². The highest BCUT2D eigenvalue weighted by atomic mass is 19.4. The summed E-state index contributed by atoms with van der Waals surface area (Å²) >= 11 is 0. The van der Waals surface area contributed by atoms with Gasteiger partial charge < -0.3 is 14.6 Å². The van der Waals surface area contributed by atoms with Crippen LogP contribution in [0.2, 0.25) is 0 Å². The third-order valence-corrected chi connectivity index (χ3v) is 3.66. The number of nitrogens with one attached hydrogen (secondary N) is 1. The Balaban J connectivity index is 1.97. The van der Waals surface area contributed by atoms with Crippen molar-refractivity contribution >= 4 is 5.91 Å². The predicted octanol–water partition coefficient (Wildman–Crippen LogP) is 2.73. The minimum Gasteiger partial charge on any atom is -0.467 e. The van der Waals surface area contributed by atoms with E-state index >= 15 is 0 Å². The lowest BCUT2D eigenvalue weighted by Gasteiger charge is -2.37. The number of rotatable bonds is 4. The van der Waals surface area contributed by atoms with Crippen LogP contribution in [0.3, 0.4) is 0 Å². The maximum atomic E-state index is 12.2. The molecule has 118 valence electrons. The van der Waals surface area contributed by atoms with Gasteiger partial charge in [0.25, 0.3) is 0 Å². The van der Waals surface area contributed by atoms with Crippen molar-refractivity contribution in [2.45, 2.75) is 32.0 Å². The molecule has 7 heteroatoms. The zero-order valence-corrected chi connectivity index (χ0v) is 11.8. The summed E-state index contributed by atoms with van der Waals surface area (Å²) in [5.74, 6) is 0.811. The van der Waals surface area contributed by atoms with Crippen LogP contribution in [-0.2, 0) is 4.79 Å². The molecule has 1 saturated heterocycles. The van der Waals surface area contributed by atoms with Gasteiger partial charge in [0.2, 0.25) is 5.91 Å². The van der Waals surface area contributed by atoms with E-state index in [0.29, 0.717) is 18.2 Å². The van der Waals surface area contributed by atoms with Gasteiger partial charge in [0.15, 0.2) is 0 Å². The van der Waals surface area contributed by atoms with Crippen molar-refractivity contribution in [3.05, 3.63) is 24.2 Å². The van der Waals surface area contributed by atoms with Crippen molar-refractivity contribution in [1.82, 2.24) is 10.2 Å². The Bertz CT molecular complexity index is 459. The molecule has 0 bridgehead atoms. The highest BCUT2D eigenvalue weighted by molar-refractivity contribution is 5.78. The van der Waals surface area contributed by atoms with Gasteiger partial charge in [0.1, 0.15) is 5.76 Å². The van der Waals surface area contributed by atoms with Crippen LogP contribution in [0, 0.1) is 5.92 Å². The SMILES string of the molecule is C[C@@H]1CCN(C(=O)CNCC(F)(F)F)[C@@H](c2ccco2)C1. The lowest BCUT2D eigenvalue weighted by Crippen LogP contribution is -2.45. The van der Waals surface area contributed by atoms with Gasteiger partial charge in [-0.1, -0.05) is 6.92 Å². The second kappa shape index (κ2) is 6.51. The molecule has 0 aromatic carbocycles. The van der Waals surface area contributed by atoms with Gasteiger partial charge in [-0.2, -0.15) is 13.2 Å². The topological polar surface area (TPSA) is 45.5 Å². The van der Waals surface area contributed by atoms with Crippen LogP contribution in [-0.4, -0.2) is 36.6 Å². The summed E-state index contributed by atoms with van der Waals surface area (Å²) in [5, 5.41) is 2.15. The van der Waals surface area contributed by atoms with Crippen molar-refractivity contribution in [3.8, 4) is 0 Å². The van der Waals surface area contributed by atoms with Gasteiger partial charge in [-0.3, -0.25) is 4.79 Å². The summed E-state index contributed by atoms with van der Waals surface area (Å²) < 4.78 is 41.7. The molecule has 0 aliphatic carbocycles. The van der Waals surface area contributed by atoms with Gasteiger partial charge in [0.05, 0.1) is 25.4 Å². The fraction of sp³-hybridized carbons (Fsp3) is 0.643. The molecular weight excluding hydrogens is 285 g/mol. The Morgan fingerprint density at radius 1 is 1.52 bits per heavy atom. The van der Waals surface area contributed by atoms with Gasteiger partial charge in [-0.05, 0) is 30.9 Å². The number of nitrogens with zero attached hydrogens (tertiary/aromatic N) is 1. The first kappa shape index (κ1) is 15.9. The number of likely N-dealkylation sites (tertiary alicyclic amines) is 1. The predicted molar refractivity (Wildman–Crippen MR) is 70.5 cm³/mol. The molecule has 4 nitrogen and oxygen atoms in total. The van der Waals surface area contributed by atoms with E-state index in [1.807, 2.05) is 0 Å². The first-order chi connectivity index (χ1) is 9.87. The second-order valence-corrected chi connectivity index (χ2v) is 5.47. The molecule has 1 aromatic heterocycles. The lowest BCUT2D eigenvalue weighted by molar-refractivity contribution is -0.138. The Kier molecular flexibility index (Phi) is 4.92. The third kappa shape index (κ3) is 4.49. The third-order valence-electron chi connectivity index (χ3n) is 3.66. The normalized spacial score (nSPS) is 23.3. The van der Waals surface area contributed by atoms with Gasteiger partial charge >= 0.3 is 6.18 Å². The fourth-order valence-electron chi connectivity index (χ4n) is 2.60. The molecule has 1 amide bonds. The molecule has 0 saturated carbocycles. The molecule has 1 aromatic rings. The molecule has 2 atom stereocenters. The smallest absolute Gasteiger partial charge is 0.401 e. The van der Waals surface area contributed by atoms with Crippen LogP contribution in [0.5, 0.6) is 0 Å². The van der Waals surface area contributed by atoms with Crippen molar-refractivity contribution in [2.24, 2.45) is 5.92 Å². The highest BCUT2D eigenvalue weighted by Crippen LogP contribution is 2.34. The van der Waals surface area contributed by atoms with E-state index in [4.69, 9.17) is 4.42 Å². The number of carbonyl (C=O) groups is 1. The average Bonchev–Trinajstić information content (AvgIpc) is 2.90. The van der Waals surface area contributed by atoms with Crippen LogP contribution in [0.15, 0.2) is 22.8 Å². The van der Waals surface area contributed by atoms with Crippen LogP contribution < -0.4 is 5.32 Å². The fourth-order valence-corrected chi connectivity index (χ4v) is 2.60. The minimum atomic E-state index is -4.31. The minimum absolute atomic E-state index is 0.191. The molecule has 21 heavy (non-hydrogen) atoms. The summed E-state index contributed by atoms with van der Waals surface area (Å²) in [5.41, 5.74) is 0. The quantitative estimate of drug-likeness (QED) is 0.930. The molecule has 0 radical (unpaired) electrons. The monoisotopic (exact) mass is 304 g/mol. The summed E-state index contributed by atoms with van der Waals surface area (Å²) in [7, 11) is 0. The average molecular weight is 304 g/mol. The second-order valence-electron chi connectivity index (χ2n) is 5.47. The van der Waals surface area contributed by atoms with Gasteiger partial charge in [-0.25, -0.2) is 0 Å². The standard InChI is InChI=1S/C14H19F3N2O2/c1-10-4-5-19(11(7-10)12-3-2-6-21-12)13(20)8-18-9-14(15,16)17/h2-3,6,10-11,18H,4-5,7-9H2,1H3/t10-,11-/m1/s1. The van der Waals surface area contributed by atoms with E-state index in [-0.39, 0.29) is 18.5 Å². The highest BCUT2D eigenvalue weighted by Gasteiger charge is 2.33. The summed E-state index contributed by atoms with van der Waals surface area (Å²) in [6.45, 7) is 1.16. The molecule has 0 spiro atoms. The Labute approximate surface area is 121 Å². The Hall–Kier alpha value is -1.50. The maximum absolute atomic E-state index is 12.2. The maximum Gasteiger partial charge on any atom is 0.401 e. The molecule has 2 heterocycles. The number of hydrogen-bond acceptors (Lipinski definition) is 3. The van der Waals surface area contributed by atoms with Crippen molar-refractivity contribution in [1.29, 1.82) is 0 Å². The summed E-state index contributed by atoms with van der Waals surface area (Å²) in [6, 6.07) is 3.36. The molecule has 1 N–H and O–H groups in total. The number of halogens is 3. The number of hydrogen-bond donors (Lipinski definition) is 1. The van der Waals surface area contributed by atoms with E-state index in [2.05, 4.69) is 12.2 Å². The van der Waals surface area contributed by atoms with E-state index in [0.717, 1.165) is 12.8 Å². The van der Waals surface area contributed by atoms with E-state index in [1.54, 1.807) is 23.3 Å². The van der Waals surface area contributed by atoms with Crippen molar-refractivity contribution in [2.75, 3.05) is 19.6 Å². The summed E-state index contributed by atoms with van der Waals surface area (Å²) in [6.07, 6.45) is -1.16. The number of carbonyl (C=O) groups excluding carboxylic acids is 1. The van der Waals surface area contributed by atoms with E-state index in [1.165, 1.54) is 0 Å². The van der Waals surface area contributed by atoms with Gasteiger partial charge in [-0.15, -0.1) is 0 Å². The molecular formula is C14H19F3N2O2. The van der Waals surface area contributed by atoms with Crippen molar-refractivity contribution in [3.63, 3.8) is 0 Å². The molecule has 1 aliphatic heterocycles. The van der Waals surface area contributed by atoms with Gasteiger partial charge in [0, 0.05) is 6.54 Å². The van der Waals surface area contributed by atoms with E-state index < -0.39 is 12.7 Å². The Morgan fingerprint density at radius 3 is 2.90 bits per heavy atom. The van der Waals surface area contributed by atoms with Crippen LogP contribution in [0.1, 0.15) is 31.6 Å². The summed E-state index contributed by atoms with van der Waals surface area (Å²) in [4.78, 5) is 13.8. The molecule has 0 unspecified atom stereocenters. The molecule has 1 fully saturated rings. The zero-order valence-electron chi connectivity index (χ0n) is 11.8. The molecule has 2 rings (SSSR count). The number of amides is 1. The molecule has 1 aliphatic rings. The van der Waals surface area contributed by atoms with Crippen molar-refractivity contribution < 1.29 is 22.4 Å². The zero-order chi connectivity index (χ0) is 15.5. The first-order valence-corrected chi connectivity index (χ1v) is 6.97. The van der Waals surface area contributed by atoms with E-state index in [9.17, 15) is 18.0 Å². The lowest BCUT2D eigenvalue weighted by atomic mass is 9.91. The number of piperidine rings is 1. The first-order valence-electron chi connectivity index (χ1n) is 6.97. The number of furan rings is 1. The largest absolute Gasteiger partial charge is 0.467 e. The number of alkyl halides is 3. The Morgan fingerprint density at radius 2 is 2.29 bits per heavy atom. The van der Waals surface area contributed by atoms with Crippen LogP contribution in [0.4, 0.5) is 13.2 Å².